The molecular weight excluding hydrogens is 354 g/mol. The van der Waals surface area contributed by atoms with Gasteiger partial charge in [0.1, 0.15) is 5.82 Å². The number of amides is 1. The molecule has 0 radical (unpaired) electrons. The maximum absolute atomic E-state index is 12.6. The first-order chi connectivity index (χ1) is 12.4. The molecule has 8 nitrogen and oxygen atoms in total. The van der Waals surface area contributed by atoms with Crippen LogP contribution in [0.15, 0.2) is 12.4 Å². The molecule has 9 heteroatoms. The summed E-state index contributed by atoms with van der Waals surface area (Å²) in [6.07, 6.45) is 7.33. The molecule has 1 N–H and O–H groups in total. The van der Waals surface area contributed by atoms with Gasteiger partial charge in [-0.05, 0) is 37.5 Å². The Hall–Kier alpha value is -1.58. The van der Waals surface area contributed by atoms with Crippen molar-refractivity contribution in [2.24, 2.45) is 11.8 Å². The van der Waals surface area contributed by atoms with Gasteiger partial charge in [-0.25, -0.2) is 9.97 Å². The third kappa shape index (κ3) is 3.23. The van der Waals surface area contributed by atoms with Crippen LogP contribution < -0.4 is 5.32 Å². The van der Waals surface area contributed by atoms with E-state index in [1.165, 1.54) is 4.31 Å². The van der Waals surface area contributed by atoms with Crippen LogP contribution in [0, 0.1) is 11.8 Å². The van der Waals surface area contributed by atoms with E-state index in [9.17, 15) is 13.2 Å². The van der Waals surface area contributed by atoms with Gasteiger partial charge in [-0.3, -0.25) is 4.79 Å². The average Bonchev–Trinajstić information content (AvgIpc) is 3.43. The number of fused-ring (bicyclic) bond motifs is 2. The van der Waals surface area contributed by atoms with Crippen molar-refractivity contribution in [3.8, 4) is 0 Å². The van der Waals surface area contributed by atoms with Gasteiger partial charge in [-0.1, -0.05) is 0 Å². The summed E-state index contributed by atoms with van der Waals surface area (Å²) >= 11 is 0. The number of carbonyl (C=O) groups is 1. The van der Waals surface area contributed by atoms with Crippen molar-refractivity contribution in [1.82, 2.24) is 23.9 Å². The molecule has 26 heavy (non-hydrogen) atoms. The van der Waals surface area contributed by atoms with Crippen molar-refractivity contribution >= 4 is 16.1 Å². The Morgan fingerprint density at radius 3 is 2.19 bits per heavy atom. The third-order valence-corrected chi connectivity index (χ3v) is 7.64. The van der Waals surface area contributed by atoms with Crippen molar-refractivity contribution in [3.63, 3.8) is 0 Å². The van der Waals surface area contributed by atoms with E-state index in [0.717, 1.165) is 31.5 Å². The fraction of sp³-hybridized carbons (Fsp3) is 0.706. The summed E-state index contributed by atoms with van der Waals surface area (Å²) in [7, 11) is -0.299. The second-order valence-electron chi connectivity index (χ2n) is 7.81. The first kappa shape index (κ1) is 17.8. The zero-order valence-electron chi connectivity index (χ0n) is 15.1. The Bertz CT molecular complexity index is 777. The van der Waals surface area contributed by atoms with E-state index >= 15 is 0 Å². The number of piperidine rings is 1. The van der Waals surface area contributed by atoms with Crippen molar-refractivity contribution < 1.29 is 13.2 Å². The number of rotatable bonds is 5. The Kier molecular flexibility index (Phi) is 4.48. The highest BCUT2D eigenvalue weighted by molar-refractivity contribution is 7.86. The summed E-state index contributed by atoms with van der Waals surface area (Å²) in [4.78, 5) is 21.2. The molecule has 2 saturated carbocycles. The molecular formula is C17H25N5O3S. The Morgan fingerprint density at radius 2 is 1.69 bits per heavy atom. The van der Waals surface area contributed by atoms with Gasteiger partial charge >= 0.3 is 0 Å². The molecule has 4 rings (SSSR count). The molecule has 3 atom stereocenters. The summed E-state index contributed by atoms with van der Waals surface area (Å²) in [6.45, 7) is 0.915. The van der Waals surface area contributed by atoms with E-state index in [1.807, 2.05) is 0 Å². The Balaban J connectivity index is 1.42. The highest BCUT2D eigenvalue weighted by Gasteiger charge is 2.46. The quantitative estimate of drug-likeness (QED) is 0.808. The number of carbonyl (C=O) groups excluding carboxylic acids is 1. The zero-order valence-corrected chi connectivity index (χ0v) is 15.9. The maximum atomic E-state index is 12.6. The van der Waals surface area contributed by atoms with Crippen LogP contribution in [0.1, 0.15) is 47.8 Å². The standard InChI is InChI=1S/C17H25N5O3S/c1-21(2)26(24,25)22-9-12-5-6-13(10-22)15(12)20-17(23)14-7-18-16(19-8-14)11-3-4-11/h7-8,11-13,15H,3-6,9-10H2,1-2H3,(H,20,23)/t12-,13+,15?. The topological polar surface area (TPSA) is 95.5 Å². The van der Waals surface area contributed by atoms with Crippen LogP contribution in [-0.2, 0) is 10.2 Å². The SMILES string of the molecule is CN(C)S(=O)(=O)N1C[C@H]2CC[C@@H](C1)C2NC(=O)c1cnc(C2CC2)nc1. The molecule has 3 aliphatic rings. The van der Waals surface area contributed by atoms with E-state index in [0.29, 0.717) is 24.6 Å². The lowest BCUT2D eigenvalue weighted by molar-refractivity contribution is 0.0885. The van der Waals surface area contributed by atoms with Gasteiger partial charge in [0, 0.05) is 51.5 Å². The lowest BCUT2D eigenvalue weighted by Crippen LogP contribution is -2.55. The van der Waals surface area contributed by atoms with E-state index in [1.54, 1.807) is 30.8 Å². The summed E-state index contributed by atoms with van der Waals surface area (Å²) in [6, 6.07) is 0.0132. The van der Waals surface area contributed by atoms with E-state index in [4.69, 9.17) is 0 Å². The molecule has 3 fully saturated rings. The van der Waals surface area contributed by atoms with Crippen LogP contribution in [0.4, 0.5) is 0 Å². The number of aromatic nitrogens is 2. The molecule has 2 aliphatic carbocycles. The minimum absolute atomic E-state index is 0.0132. The molecule has 2 bridgehead atoms. The zero-order chi connectivity index (χ0) is 18.5. The van der Waals surface area contributed by atoms with Gasteiger partial charge in [-0.15, -0.1) is 0 Å². The van der Waals surface area contributed by atoms with Crippen molar-refractivity contribution in [2.45, 2.75) is 37.6 Å². The smallest absolute Gasteiger partial charge is 0.281 e. The van der Waals surface area contributed by atoms with Crippen molar-refractivity contribution in [2.75, 3.05) is 27.2 Å². The summed E-state index contributed by atoms with van der Waals surface area (Å²) in [5.41, 5.74) is 0.470. The summed E-state index contributed by atoms with van der Waals surface area (Å²) < 4.78 is 27.6. The minimum atomic E-state index is -3.40. The highest BCUT2D eigenvalue weighted by Crippen LogP contribution is 2.39. The third-order valence-electron chi connectivity index (χ3n) is 5.76. The monoisotopic (exact) mass is 379 g/mol. The van der Waals surface area contributed by atoms with Crippen molar-refractivity contribution in [3.05, 3.63) is 23.8 Å². The second kappa shape index (κ2) is 6.54. The van der Waals surface area contributed by atoms with Crippen molar-refractivity contribution in [1.29, 1.82) is 0 Å². The van der Waals surface area contributed by atoms with Crippen LogP contribution in [0.25, 0.3) is 0 Å². The lowest BCUT2D eigenvalue weighted by atomic mass is 9.93. The van der Waals surface area contributed by atoms with Crippen LogP contribution in [0.5, 0.6) is 0 Å². The van der Waals surface area contributed by atoms with E-state index in [2.05, 4.69) is 15.3 Å². The van der Waals surface area contributed by atoms with Gasteiger partial charge < -0.3 is 5.32 Å². The first-order valence-electron chi connectivity index (χ1n) is 9.16. The molecule has 1 amide bonds. The Labute approximate surface area is 154 Å². The number of hydrogen-bond acceptors (Lipinski definition) is 5. The molecule has 1 aliphatic heterocycles. The molecule has 1 aromatic rings. The fourth-order valence-corrected chi connectivity index (χ4v) is 5.30. The number of nitrogens with zero attached hydrogens (tertiary/aromatic N) is 4. The van der Waals surface area contributed by atoms with E-state index < -0.39 is 10.2 Å². The van der Waals surface area contributed by atoms with Gasteiger partial charge in [-0.2, -0.15) is 17.0 Å². The molecule has 142 valence electrons. The first-order valence-corrected chi connectivity index (χ1v) is 10.6. The molecule has 1 saturated heterocycles. The average molecular weight is 379 g/mol. The lowest BCUT2D eigenvalue weighted by Gasteiger charge is -2.38. The normalized spacial score (nSPS) is 29.1. The van der Waals surface area contributed by atoms with Gasteiger partial charge in [0.05, 0.1) is 5.56 Å². The second-order valence-corrected chi connectivity index (χ2v) is 9.95. The van der Waals surface area contributed by atoms with Gasteiger partial charge in [0.15, 0.2) is 0 Å². The van der Waals surface area contributed by atoms with Crippen LogP contribution in [0.2, 0.25) is 0 Å². The summed E-state index contributed by atoms with van der Waals surface area (Å²) in [5, 5.41) is 3.11. The largest absolute Gasteiger partial charge is 0.349 e. The molecule has 1 unspecified atom stereocenters. The molecule has 2 heterocycles. The predicted octanol–water partition coefficient (Wildman–Crippen LogP) is 0.601. The van der Waals surface area contributed by atoms with Gasteiger partial charge in [0.2, 0.25) is 0 Å². The van der Waals surface area contributed by atoms with Crippen LogP contribution in [-0.4, -0.2) is 66.1 Å². The molecule has 0 spiro atoms. The Morgan fingerprint density at radius 1 is 1.12 bits per heavy atom. The molecule has 1 aromatic heterocycles. The minimum Gasteiger partial charge on any atom is -0.349 e. The van der Waals surface area contributed by atoms with Crippen LogP contribution in [0.3, 0.4) is 0 Å². The maximum Gasteiger partial charge on any atom is 0.281 e. The van der Waals surface area contributed by atoms with Crippen LogP contribution >= 0.6 is 0 Å². The highest BCUT2D eigenvalue weighted by atomic mass is 32.2. The predicted molar refractivity (Wildman–Crippen MR) is 95.7 cm³/mol. The number of hydrogen-bond donors (Lipinski definition) is 1. The van der Waals surface area contributed by atoms with E-state index in [-0.39, 0.29) is 23.8 Å². The summed E-state index contributed by atoms with van der Waals surface area (Å²) in [5.74, 6) is 1.42. The number of nitrogens with one attached hydrogen (secondary N) is 1. The fourth-order valence-electron chi connectivity index (χ4n) is 4.08. The molecule has 0 aromatic carbocycles. The van der Waals surface area contributed by atoms with Gasteiger partial charge in [0.25, 0.3) is 16.1 Å².